The smallest absolute Gasteiger partial charge is 0.261 e. The molecule has 34 heavy (non-hydrogen) atoms. The average Bonchev–Trinajstić information content (AvgIpc) is 3.38. The Kier molecular flexibility index (Phi) is 6.71. The third-order valence-electron chi connectivity index (χ3n) is 5.36. The number of carbonyl (C=O) groups excluding carboxylic acids is 2. The molecule has 0 saturated carbocycles. The van der Waals surface area contributed by atoms with Gasteiger partial charge in [0.1, 0.15) is 5.56 Å². The van der Waals surface area contributed by atoms with Crippen molar-refractivity contribution in [1.29, 1.82) is 0 Å². The van der Waals surface area contributed by atoms with Crippen molar-refractivity contribution in [3.63, 3.8) is 0 Å². The number of hydrogen-bond donors (Lipinski definition) is 4. The number of pyridine rings is 2. The predicted molar refractivity (Wildman–Crippen MR) is 132 cm³/mol. The van der Waals surface area contributed by atoms with Crippen molar-refractivity contribution in [2.75, 3.05) is 19.0 Å². The molecule has 1 atom stereocenters. The number of rotatable bonds is 7. The summed E-state index contributed by atoms with van der Waals surface area (Å²) in [7, 11) is 1.48. The zero-order valence-electron chi connectivity index (χ0n) is 18.5. The number of nitrogens with two attached hydrogens (primary N) is 1. The Morgan fingerprint density at radius 3 is 2.76 bits per heavy atom. The highest BCUT2D eigenvalue weighted by atomic mass is 32.1. The first-order valence-electron chi connectivity index (χ1n) is 10.4. The molecule has 4 rings (SSSR count). The van der Waals surface area contributed by atoms with E-state index in [-0.39, 0.29) is 24.1 Å². The molecule has 9 nitrogen and oxygen atoms in total. The third kappa shape index (κ3) is 4.98. The first-order valence-corrected chi connectivity index (χ1v) is 11.3. The standard InChI is InChI=1S/C24H23N5O4S/c1-13-3-4-14(22(30)27-11-18(25)15-5-6-34-12-15)8-19(13)28-23(31)17-7-16-10-26-21(33-2)9-20(16)29-24(17)32/h3-10,12,18H,11,25H2,1-2H3,(H,27,30)(H,28,31)(H,29,32). The number of methoxy groups -OCH3 is 1. The SMILES string of the molecule is COc1cc2[nH]c(=O)c(C(=O)Nc3cc(C(=O)NCC(N)c4ccsc4)ccc3C)cc2cn1. The van der Waals surface area contributed by atoms with E-state index in [1.807, 2.05) is 16.8 Å². The second kappa shape index (κ2) is 9.86. The third-order valence-corrected chi connectivity index (χ3v) is 6.06. The van der Waals surface area contributed by atoms with Gasteiger partial charge < -0.3 is 26.1 Å². The lowest BCUT2D eigenvalue weighted by Crippen LogP contribution is -2.31. The van der Waals surface area contributed by atoms with E-state index in [4.69, 9.17) is 10.5 Å². The van der Waals surface area contributed by atoms with E-state index in [1.54, 1.807) is 42.5 Å². The summed E-state index contributed by atoms with van der Waals surface area (Å²) >= 11 is 1.54. The van der Waals surface area contributed by atoms with Crippen LogP contribution in [0.2, 0.25) is 0 Å². The van der Waals surface area contributed by atoms with Crippen LogP contribution in [-0.2, 0) is 0 Å². The number of aromatic nitrogens is 2. The van der Waals surface area contributed by atoms with Crippen LogP contribution >= 0.6 is 11.3 Å². The number of aromatic amines is 1. The molecule has 0 aliphatic heterocycles. The molecule has 0 bridgehead atoms. The van der Waals surface area contributed by atoms with Crippen LogP contribution < -0.4 is 26.7 Å². The summed E-state index contributed by atoms with van der Waals surface area (Å²) in [6, 6.07) is 9.61. The summed E-state index contributed by atoms with van der Waals surface area (Å²) in [6.45, 7) is 2.07. The van der Waals surface area contributed by atoms with Crippen molar-refractivity contribution in [3.05, 3.63) is 86.0 Å². The highest BCUT2D eigenvalue weighted by molar-refractivity contribution is 7.08. The summed E-state index contributed by atoms with van der Waals surface area (Å²) in [4.78, 5) is 44.8. The van der Waals surface area contributed by atoms with Gasteiger partial charge >= 0.3 is 0 Å². The topological polar surface area (TPSA) is 139 Å². The van der Waals surface area contributed by atoms with Crippen LogP contribution in [0.1, 0.15) is 37.9 Å². The highest BCUT2D eigenvalue weighted by Gasteiger charge is 2.16. The number of hydrogen-bond acceptors (Lipinski definition) is 7. The van der Waals surface area contributed by atoms with Gasteiger partial charge in [-0.15, -0.1) is 0 Å². The summed E-state index contributed by atoms with van der Waals surface area (Å²) in [5, 5.41) is 10.00. The Labute approximate surface area is 199 Å². The van der Waals surface area contributed by atoms with E-state index in [0.29, 0.717) is 28.0 Å². The Balaban J connectivity index is 1.51. The number of amides is 2. The van der Waals surface area contributed by atoms with Gasteiger partial charge in [-0.3, -0.25) is 14.4 Å². The van der Waals surface area contributed by atoms with Gasteiger partial charge in [0.15, 0.2) is 0 Å². The monoisotopic (exact) mass is 477 g/mol. The van der Waals surface area contributed by atoms with Crippen molar-refractivity contribution in [1.82, 2.24) is 15.3 Å². The molecule has 3 aromatic heterocycles. The summed E-state index contributed by atoms with van der Waals surface area (Å²) < 4.78 is 5.06. The number of thiophene rings is 1. The molecule has 0 fully saturated rings. The molecular formula is C24H23N5O4S. The fourth-order valence-electron chi connectivity index (χ4n) is 3.36. The summed E-state index contributed by atoms with van der Waals surface area (Å²) in [5.74, 6) is -0.564. The van der Waals surface area contributed by atoms with Gasteiger partial charge in [0.2, 0.25) is 5.88 Å². The molecule has 0 aliphatic carbocycles. The molecule has 0 saturated heterocycles. The summed E-state index contributed by atoms with van der Waals surface area (Å²) in [6.07, 6.45) is 1.51. The van der Waals surface area contributed by atoms with Crippen molar-refractivity contribution in [2.45, 2.75) is 13.0 Å². The molecule has 3 heterocycles. The maximum Gasteiger partial charge on any atom is 0.261 e. The van der Waals surface area contributed by atoms with Crippen molar-refractivity contribution >= 4 is 39.7 Å². The van der Waals surface area contributed by atoms with Crippen molar-refractivity contribution in [3.8, 4) is 5.88 Å². The van der Waals surface area contributed by atoms with E-state index in [0.717, 1.165) is 11.1 Å². The molecule has 4 aromatic rings. The van der Waals surface area contributed by atoms with E-state index >= 15 is 0 Å². The number of fused-ring (bicyclic) bond motifs is 1. The van der Waals surface area contributed by atoms with E-state index < -0.39 is 11.5 Å². The van der Waals surface area contributed by atoms with Crippen molar-refractivity contribution < 1.29 is 14.3 Å². The fraction of sp³-hybridized carbons (Fsp3) is 0.167. The van der Waals surface area contributed by atoms with Crippen LogP contribution in [0.15, 0.2) is 58.1 Å². The van der Waals surface area contributed by atoms with Gasteiger partial charge in [-0.1, -0.05) is 6.07 Å². The number of anilines is 1. The lowest BCUT2D eigenvalue weighted by Gasteiger charge is -2.13. The number of ether oxygens (including phenoxy) is 1. The van der Waals surface area contributed by atoms with Crippen LogP contribution in [0.25, 0.3) is 10.9 Å². The fourth-order valence-corrected chi connectivity index (χ4v) is 4.08. The minimum atomic E-state index is -0.598. The first kappa shape index (κ1) is 23.1. The van der Waals surface area contributed by atoms with E-state index in [2.05, 4.69) is 20.6 Å². The van der Waals surface area contributed by atoms with Gasteiger partial charge in [-0.25, -0.2) is 4.98 Å². The molecule has 0 radical (unpaired) electrons. The summed E-state index contributed by atoms with van der Waals surface area (Å²) in [5.41, 5.74) is 8.47. The Bertz CT molecular complexity index is 1410. The quantitative estimate of drug-likeness (QED) is 0.323. The van der Waals surface area contributed by atoms with Gasteiger partial charge in [-0.05, 0) is 53.1 Å². The van der Waals surface area contributed by atoms with Crippen LogP contribution in [0.5, 0.6) is 5.88 Å². The molecule has 0 aliphatic rings. The Hall–Kier alpha value is -4.02. The minimum absolute atomic E-state index is 0.0737. The van der Waals surface area contributed by atoms with E-state index in [1.165, 1.54) is 19.4 Å². The molecule has 1 aromatic carbocycles. The lowest BCUT2D eigenvalue weighted by molar-refractivity contribution is 0.0949. The molecule has 10 heteroatoms. The van der Waals surface area contributed by atoms with Gasteiger partial charge in [0.05, 0.1) is 12.6 Å². The Morgan fingerprint density at radius 1 is 1.21 bits per heavy atom. The number of H-pyrrole nitrogens is 1. The molecular weight excluding hydrogens is 454 g/mol. The first-order chi connectivity index (χ1) is 16.4. The molecule has 2 amide bonds. The second-order valence-corrected chi connectivity index (χ2v) is 8.46. The second-order valence-electron chi connectivity index (χ2n) is 7.68. The maximum atomic E-state index is 12.9. The predicted octanol–water partition coefficient (Wildman–Crippen LogP) is 2.98. The van der Waals surface area contributed by atoms with Crippen LogP contribution in [0.3, 0.4) is 0 Å². The number of nitrogens with one attached hydrogen (secondary N) is 3. The highest BCUT2D eigenvalue weighted by Crippen LogP contribution is 2.20. The van der Waals surface area contributed by atoms with Gasteiger partial charge in [0, 0.05) is 41.5 Å². The maximum absolute atomic E-state index is 12.9. The zero-order valence-corrected chi connectivity index (χ0v) is 19.4. The zero-order chi connectivity index (χ0) is 24.2. The van der Waals surface area contributed by atoms with Gasteiger partial charge in [-0.2, -0.15) is 11.3 Å². The molecule has 0 spiro atoms. The van der Waals surface area contributed by atoms with Crippen LogP contribution in [-0.4, -0.2) is 35.4 Å². The minimum Gasteiger partial charge on any atom is -0.481 e. The number of carbonyl (C=O) groups is 2. The van der Waals surface area contributed by atoms with Gasteiger partial charge in [0.25, 0.3) is 17.4 Å². The molecule has 1 unspecified atom stereocenters. The largest absolute Gasteiger partial charge is 0.481 e. The van der Waals surface area contributed by atoms with Crippen LogP contribution in [0.4, 0.5) is 5.69 Å². The van der Waals surface area contributed by atoms with Crippen molar-refractivity contribution in [2.24, 2.45) is 5.73 Å². The molecule has 174 valence electrons. The lowest BCUT2D eigenvalue weighted by atomic mass is 10.1. The normalized spacial score (nSPS) is 11.7. The number of nitrogens with zero attached hydrogens (tertiary/aromatic N) is 1. The number of benzene rings is 1. The van der Waals surface area contributed by atoms with Crippen LogP contribution in [0, 0.1) is 6.92 Å². The molecule has 5 N–H and O–H groups in total. The van der Waals surface area contributed by atoms with E-state index in [9.17, 15) is 14.4 Å². The average molecular weight is 478 g/mol. The number of aryl methyl sites for hydroxylation is 1. The Morgan fingerprint density at radius 2 is 2.03 bits per heavy atom.